The van der Waals surface area contributed by atoms with E-state index in [1.807, 2.05) is 0 Å². The zero-order valence-corrected chi connectivity index (χ0v) is 11.2. The molecule has 0 atom stereocenters. The molecule has 1 aliphatic carbocycles. The van der Waals surface area contributed by atoms with E-state index in [-0.39, 0.29) is 5.54 Å². The van der Waals surface area contributed by atoms with Gasteiger partial charge in [-0.1, -0.05) is 25.0 Å². The van der Waals surface area contributed by atoms with E-state index in [1.165, 1.54) is 37.1 Å². The molecule has 3 heteroatoms. The van der Waals surface area contributed by atoms with Crippen molar-refractivity contribution in [3.63, 3.8) is 0 Å². The minimum absolute atomic E-state index is 0.0447. The molecule has 0 saturated heterocycles. The molecule has 1 aromatic carbocycles. The summed E-state index contributed by atoms with van der Waals surface area (Å²) < 4.78 is 0. The Morgan fingerprint density at radius 2 is 1.78 bits per heavy atom. The zero-order chi connectivity index (χ0) is 12.6. The van der Waals surface area contributed by atoms with Gasteiger partial charge in [0.05, 0.1) is 11.4 Å². The molecule has 2 aliphatic rings. The first-order valence-electron chi connectivity index (χ1n) is 7.02. The summed E-state index contributed by atoms with van der Waals surface area (Å²) in [5.41, 5.74) is 9.26. The van der Waals surface area contributed by atoms with E-state index < -0.39 is 0 Å². The van der Waals surface area contributed by atoms with Crippen molar-refractivity contribution in [3.05, 3.63) is 24.3 Å². The van der Waals surface area contributed by atoms with E-state index in [2.05, 4.69) is 41.1 Å². The van der Waals surface area contributed by atoms with Crippen molar-refractivity contribution >= 4 is 11.4 Å². The fourth-order valence-electron chi connectivity index (χ4n) is 3.35. The SMILES string of the molecule is CN1CCN(CC2(N)CCCC2)c2ccccc21. The molecule has 0 bridgehead atoms. The molecule has 0 unspecified atom stereocenters. The first-order chi connectivity index (χ1) is 8.68. The van der Waals surface area contributed by atoms with Gasteiger partial charge in [-0.3, -0.25) is 0 Å². The molecular weight excluding hydrogens is 222 g/mol. The predicted molar refractivity (Wildman–Crippen MR) is 77.3 cm³/mol. The summed E-state index contributed by atoms with van der Waals surface area (Å²) in [6, 6.07) is 8.68. The maximum Gasteiger partial charge on any atom is 0.0605 e. The van der Waals surface area contributed by atoms with Gasteiger partial charge in [-0.25, -0.2) is 0 Å². The fraction of sp³-hybridized carbons (Fsp3) is 0.600. The second kappa shape index (κ2) is 4.47. The summed E-state index contributed by atoms with van der Waals surface area (Å²) in [6.45, 7) is 3.19. The normalized spacial score (nSPS) is 22.1. The number of hydrogen-bond acceptors (Lipinski definition) is 3. The van der Waals surface area contributed by atoms with Crippen molar-refractivity contribution < 1.29 is 0 Å². The van der Waals surface area contributed by atoms with Crippen LogP contribution in [0, 0.1) is 0 Å². The molecule has 1 heterocycles. The lowest BCUT2D eigenvalue weighted by molar-refractivity contribution is 0.432. The molecule has 1 aromatic rings. The highest BCUT2D eigenvalue weighted by molar-refractivity contribution is 5.73. The van der Waals surface area contributed by atoms with Crippen LogP contribution in [0.1, 0.15) is 25.7 Å². The summed E-state index contributed by atoms with van der Waals surface area (Å²) >= 11 is 0. The molecule has 18 heavy (non-hydrogen) atoms. The summed E-state index contributed by atoms with van der Waals surface area (Å²) in [5.74, 6) is 0. The van der Waals surface area contributed by atoms with Crippen molar-refractivity contribution in [1.29, 1.82) is 0 Å². The highest BCUT2D eigenvalue weighted by atomic mass is 15.3. The van der Waals surface area contributed by atoms with Gasteiger partial charge < -0.3 is 15.5 Å². The van der Waals surface area contributed by atoms with Gasteiger partial charge in [0.2, 0.25) is 0 Å². The smallest absolute Gasteiger partial charge is 0.0605 e. The highest BCUT2D eigenvalue weighted by Crippen LogP contribution is 2.35. The number of nitrogens with zero attached hydrogens (tertiary/aromatic N) is 2. The Morgan fingerprint density at radius 1 is 1.11 bits per heavy atom. The van der Waals surface area contributed by atoms with E-state index >= 15 is 0 Å². The maximum absolute atomic E-state index is 6.53. The summed E-state index contributed by atoms with van der Waals surface area (Å²) in [6.07, 6.45) is 4.96. The van der Waals surface area contributed by atoms with Crippen molar-refractivity contribution in [1.82, 2.24) is 0 Å². The maximum atomic E-state index is 6.53. The molecule has 1 saturated carbocycles. The second-order valence-electron chi connectivity index (χ2n) is 5.90. The van der Waals surface area contributed by atoms with Crippen LogP contribution in [0.2, 0.25) is 0 Å². The number of fused-ring (bicyclic) bond motifs is 1. The van der Waals surface area contributed by atoms with E-state index in [1.54, 1.807) is 0 Å². The van der Waals surface area contributed by atoms with Gasteiger partial charge in [-0.15, -0.1) is 0 Å². The van der Waals surface area contributed by atoms with E-state index in [4.69, 9.17) is 5.73 Å². The van der Waals surface area contributed by atoms with E-state index in [9.17, 15) is 0 Å². The molecule has 3 rings (SSSR count). The van der Waals surface area contributed by atoms with Crippen LogP contribution in [0.3, 0.4) is 0 Å². The van der Waals surface area contributed by atoms with Gasteiger partial charge in [0.1, 0.15) is 0 Å². The summed E-state index contributed by atoms with van der Waals surface area (Å²) in [4.78, 5) is 4.82. The number of nitrogens with two attached hydrogens (primary N) is 1. The molecule has 0 aromatic heterocycles. The van der Waals surface area contributed by atoms with Crippen LogP contribution in [0.15, 0.2) is 24.3 Å². The van der Waals surface area contributed by atoms with Crippen molar-refractivity contribution in [2.45, 2.75) is 31.2 Å². The van der Waals surface area contributed by atoms with Gasteiger partial charge in [-0.2, -0.15) is 0 Å². The number of likely N-dealkylation sites (N-methyl/N-ethyl adjacent to an activating group) is 1. The Morgan fingerprint density at radius 3 is 2.50 bits per heavy atom. The van der Waals surface area contributed by atoms with Crippen molar-refractivity contribution in [3.8, 4) is 0 Å². The Kier molecular flexibility index (Phi) is 2.94. The number of benzene rings is 1. The molecule has 3 nitrogen and oxygen atoms in total. The largest absolute Gasteiger partial charge is 0.371 e. The van der Waals surface area contributed by atoms with Crippen LogP contribution in [0.4, 0.5) is 11.4 Å². The van der Waals surface area contributed by atoms with Crippen LogP contribution < -0.4 is 15.5 Å². The molecule has 0 spiro atoms. The molecule has 98 valence electrons. The molecule has 1 fully saturated rings. The Labute approximate surface area is 110 Å². The van der Waals surface area contributed by atoms with Crippen LogP contribution in [0.5, 0.6) is 0 Å². The molecule has 1 aliphatic heterocycles. The second-order valence-corrected chi connectivity index (χ2v) is 5.90. The summed E-state index contributed by atoms with van der Waals surface area (Å²) in [7, 11) is 2.17. The Hall–Kier alpha value is -1.22. The van der Waals surface area contributed by atoms with Crippen LogP contribution in [-0.4, -0.2) is 32.2 Å². The molecular formula is C15H23N3. The lowest BCUT2D eigenvalue weighted by atomic mass is 9.97. The Bertz CT molecular complexity index is 424. The minimum Gasteiger partial charge on any atom is -0.371 e. The third kappa shape index (κ3) is 2.07. The zero-order valence-electron chi connectivity index (χ0n) is 11.2. The average molecular weight is 245 g/mol. The van der Waals surface area contributed by atoms with Crippen LogP contribution in [-0.2, 0) is 0 Å². The third-order valence-electron chi connectivity index (χ3n) is 4.44. The first-order valence-corrected chi connectivity index (χ1v) is 7.02. The van der Waals surface area contributed by atoms with E-state index in [0.717, 1.165) is 19.6 Å². The van der Waals surface area contributed by atoms with Crippen molar-refractivity contribution in [2.75, 3.05) is 36.5 Å². The molecule has 2 N–H and O–H groups in total. The lowest BCUT2D eigenvalue weighted by Crippen LogP contribution is -2.51. The van der Waals surface area contributed by atoms with Gasteiger partial charge >= 0.3 is 0 Å². The van der Waals surface area contributed by atoms with Crippen LogP contribution in [0.25, 0.3) is 0 Å². The topological polar surface area (TPSA) is 32.5 Å². The number of anilines is 2. The fourth-order valence-corrected chi connectivity index (χ4v) is 3.35. The summed E-state index contributed by atoms with van der Waals surface area (Å²) in [5, 5.41) is 0. The number of para-hydroxylation sites is 2. The van der Waals surface area contributed by atoms with Gasteiger partial charge in [0.15, 0.2) is 0 Å². The highest BCUT2D eigenvalue weighted by Gasteiger charge is 2.33. The lowest BCUT2D eigenvalue weighted by Gasteiger charge is -2.40. The van der Waals surface area contributed by atoms with Crippen molar-refractivity contribution in [2.24, 2.45) is 5.73 Å². The predicted octanol–water partition coefficient (Wildman–Crippen LogP) is 2.21. The Balaban J connectivity index is 1.84. The van der Waals surface area contributed by atoms with Crippen LogP contribution >= 0.6 is 0 Å². The number of hydrogen-bond donors (Lipinski definition) is 1. The number of rotatable bonds is 2. The first kappa shape index (κ1) is 11.8. The van der Waals surface area contributed by atoms with Gasteiger partial charge in [0, 0.05) is 32.2 Å². The standard InChI is InChI=1S/C15H23N3/c1-17-10-11-18(12-15(16)8-4-5-9-15)14-7-3-2-6-13(14)17/h2-3,6-7H,4-5,8-12,16H2,1H3. The monoisotopic (exact) mass is 245 g/mol. The van der Waals surface area contributed by atoms with E-state index in [0.29, 0.717) is 0 Å². The molecule has 0 amide bonds. The average Bonchev–Trinajstić information content (AvgIpc) is 2.80. The van der Waals surface area contributed by atoms with Gasteiger partial charge in [-0.05, 0) is 25.0 Å². The molecule has 0 radical (unpaired) electrons. The van der Waals surface area contributed by atoms with Gasteiger partial charge in [0.25, 0.3) is 0 Å². The quantitative estimate of drug-likeness (QED) is 0.867. The minimum atomic E-state index is 0.0447. The third-order valence-corrected chi connectivity index (χ3v) is 4.44.